The Morgan fingerprint density at radius 3 is 2.39 bits per heavy atom. The molecule has 0 bridgehead atoms. The normalized spacial score (nSPS) is 22.7. The molecule has 1 fully saturated rings. The third kappa shape index (κ3) is 3.55. The smallest absolute Gasteiger partial charge is 0.250 e. The Morgan fingerprint density at radius 2 is 1.78 bits per heavy atom. The molecule has 0 unspecified atom stereocenters. The molecule has 3 atom stereocenters. The maximum absolute atomic E-state index is 12.5. The minimum absolute atomic E-state index is 0.0147. The Hall–Kier alpha value is -1.49. The van der Waals surface area contributed by atoms with Crippen LogP contribution in [0.15, 0.2) is 59.5 Å². The third-order valence-corrected chi connectivity index (χ3v) is 5.75. The van der Waals surface area contributed by atoms with E-state index >= 15 is 0 Å². The maximum Gasteiger partial charge on any atom is 0.250 e. The number of hydroxylamine groups is 2. The molecule has 0 heterocycles. The van der Waals surface area contributed by atoms with E-state index in [1.54, 1.807) is 18.8 Å². The second kappa shape index (κ2) is 6.95. The molecule has 1 aliphatic rings. The highest BCUT2D eigenvalue weighted by Gasteiger charge is 2.57. The molecule has 5 heteroatoms. The Balaban J connectivity index is 1.82. The Kier molecular flexibility index (Phi) is 4.95. The van der Waals surface area contributed by atoms with E-state index in [0.29, 0.717) is 5.02 Å². The molecular weight excluding hydrogens is 330 g/mol. The fraction of sp³-hybridized carbons (Fsp3) is 0.278. The summed E-state index contributed by atoms with van der Waals surface area (Å²) in [5.74, 6) is 0.120. The van der Waals surface area contributed by atoms with Crippen LogP contribution in [0.3, 0.4) is 0 Å². The van der Waals surface area contributed by atoms with Crippen molar-refractivity contribution < 1.29 is 9.63 Å². The van der Waals surface area contributed by atoms with Crippen molar-refractivity contribution in [3.05, 3.63) is 65.2 Å². The van der Waals surface area contributed by atoms with Crippen LogP contribution in [-0.4, -0.2) is 30.4 Å². The number of hydrogen-bond acceptors (Lipinski definition) is 3. The molecule has 0 aliphatic heterocycles. The first-order chi connectivity index (χ1) is 11.1. The summed E-state index contributed by atoms with van der Waals surface area (Å²) in [4.78, 5) is 18.8. The van der Waals surface area contributed by atoms with Crippen molar-refractivity contribution in [2.45, 2.75) is 16.1 Å². The van der Waals surface area contributed by atoms with Crippen molar-refractivity contribution in [3.63, 3.8) is 0 Å². The number of rotatable bonds is 5. The van der Waals surface area contributed by atoms with Crippen molar-refractivity contribution in [2.24, 2.45) is 5.92 Å². The molecule has 1 amide bonds. The minimum atomic E-state index is -0.0775. The average Bonchev–Trinajstić information content (AvgIpc) is 3.28. The van der Waals surface area contributed by atoms with Crippen LogP contribution in [0.25, 0.3) is 0 Å². The van der Waals surface area contributed by atoms with Gasteiger partial charge >= 0.3 is 0 Å². The van der Waals surface area contributed by atoms with Crippen molar-refractivity contribution in [1.82, 2.24) is 5.06 Å². The highest BCUT2D eigenvalue weighted by molar-refractivity contribution is 8.00. The molecule has 0 aromatic heterocycles. The highest BCUT2D eigenvalue weighted by Crippen LogP contribution is 2.57. The van der Waals surface area contributed by atoms with Crippen molar-refractivity contribution in [2.75, 3.05) is 14.2 Å². The van der Waals surface area contributed by atoms with Gasteiger partial charge in [0.05, 0.1) is 13.0 Å². The number of benzene rings is 2. The van der Waals surface area contributed by atoms with E-state index in [9.17, 15) is 4.79 Å². The summed E-state index contributed by atoms with van der Waals surface area (Å²) >= 11 is 7.72. The van der Waals surface area contributed by atoms with Crippen molar-refractivity contribution >= 4 is 29.3 Å². The predicted octanol–water partition coefficient (Wildman–Crippen LogP) is 4.23. The van der Waals surface area contributed by atoms with Crippen LogP contribution in [0.4, 0.5) is 0 Å². The first-order valence-corrected chi connectivity index (χ1v) is 8.66. The molecule has 0 saturated heterocycles. The van der Waals surface area contributed by atoms with Crippen LogP contribution < -0.4 is 0 Å². The van der Waals surface area contributed by atoms with Gasteiger partial charge in [-0.05, 0) is 29.8 Å². The molecule has 0 radical (unpaired) electrons. The monoisotopic (exact) mass is 347 g/mol. The highest BCUT2D eigenvalue weighted by atomic mass is 35.5. The summed E-state index contributed by atoms with van der Waals surface area (Å²) in [7, 11) is 3.17. The zero-order valence-corrected chi connectivity index (χ0v) is 14.6. The molecule has 1 saturated carbocycles. The van der Waals surface area contributed by atoms with Crippen molar-refractivity contribution in [1.29, 1.82) is 0 Å². The number of halogens is 1. The number of hydrogen-bond donors (Lipinski definition) is 0. The van der Waals surface area contributed by atoms with Gasteiger partial charge in [0.25, 0.3) is 5.91 Å². The largest absolute Gasteiger partial charge is 0.275 e. The van der Waals surface area contributed by atoms with Gasteiger partial charge in [-0.3, -0.25) is 9.63 Å². The number of amides is 1. The quantitative estimate of drug-likeness (QED) is 0.758. The van der Waals surface area contributed by atoms with Gasteiger partial charge in [-0.1, -0.05) is 41.9 Å². The minimum Gasteiger partial charge on any atom is -0.275 e. The second-order valence-corrected chi connectivity index (χ2v) is 7.20. The molecule has 0 spiro atoms. The SMILES string of the molecule is CON(C)C(=O)[C@H]1[C@H](Sc2ccccc2)[C@@H]1c1ccc(Cl)cc1. The van der Waals surface area contributed by atoms with E-state index in [1.807, 2.05) is 42.5 Å². The molecule has 1 aliphatic carbocycles. The summed E-state index contributed by atoms with van der Waals surface area (Å²) < 4.78 is 0. The molecule has 3 rings (SSSR count). The second-order valence-electron chi connectivity index (χ2n) is 5.52. The zero-order valence-electron chi connectivity index (χ0n) is 13.0. The zero-order chi connectivity index (χ0) is 16.4. The van der Waals surface area contributed by atoms with Crippen LogP contribution in [0, 0.1) is 5.92 Å². The van der Waals surface area contributed by atoms with Gasteiger partial charge in [-0.25, -0.2) is 5.06 Å². The van der Waals surface area contributed by atoms with Crippen LogP contribution in [0.5, 0.6) is 0 Å². The molecule has 23 heavy (non-hydrogen) atoms. The lowest BCUT2D eigenvalue weighted by atomic mass is 10.1. The van der Waals surface area contributed by atoms with Gasteiger partial charge in [0, 0.05) is 28.1 Å². The number of thioether (sulfide) groups is 1. The Bertz CT molecular complexity index is 677. The lowest BCUT2D eigenvalue weighted by Gasteiger charge is -2.13. The lowest BCUT2D eigenvalue weighted by molar-refractivity contribution is -0.170. The topological polar surface area (TPSA) is 29.5 Å². The first kappa shape index (κ1) is 16.4. The van der Waals surface area contributed by atoms with Gasteiger partial charge in [0.15, 0.2) is 0 Å². The summed E-state index contributed by atoms with van der Waals surface area (Å²) in [6.45, 7) is 0. The van der Waals surface area contributed by atoms with E-state index in [0.717, 1.165) is 5.56 Å². The van der Waals surface area contributed by atoms with E-state index in [1.165, 1.54) is 17.1 Å². The van der Waals surface area contributed by atoms with Gasteiger partial charge in [-0.15, -0.1) is 11.8 Å². The molecular formula is C18H18ClNO2S. The van der Waals surface area contributed by atoms with Crippen LogP contribution in [0.2, 0.25) is 5.02 Å². The van der Waals surface area contributed by atoms with Crippen molar-refractivity contribution in [3.8, 4) is 0 Å². The van der Waals surface area contributed by atoms with Crippen LogP contribution >= 0.6 is 23.4 Å². The van der Waals surface area contributed by atoms with Crippen LogP contribution in [-0.2, 0) is 9.63 Å². The average molecular weight is 348 g/mol. The predicted molar refractivity (Wildman–Crippen MR) is 93.5 cm³/mol. The molecule has 2 aromatic rings. The fourth-order valence-electron chi connectivity index (χ4n) is 2.76. The van der Waals surface area contributed by atoms with E-state index in [4.69, 9.17) is 16.4 Å². The number of carbonyl (C=O) groups excluding carboxylic acids is 1. The molecule has 120 valence electrons. The summed E-state index contributed by atoms with van der Waals surface area (Å²) in [6, 6.07) is 17.9. The van der Waals surface area contributed by atoms with Gasteiger partial charge in [0.2, 0.25) is 0 Å². The van der Waals surface area contributed by atoms with E-state index < -0.39 is 0 Å². The molecule has 0 N–H and O–H groups in total. The molecule has 2 aromatic carbocycles. The first-order valence-electron chi connectivity index (χ1n) is 7.40. The Labute approximate surface area is 145 Å². The van der Waals surface area contributed by atoms with E-state index in [2.05, 4.69) is 12.1 Å². The molecule has 3 nitrogen and oxygen atoms in total. The summed E-state index contributed by atoms with van der Waals surface area (Å²) in [5.41, 5.74) is 1.14. The van der Waals surface area contributed by atoms with Gasteiger partial charge in [-0.2, -0.15) is 0 Å². The number of carbonyl (C=O) groups is 1. The fourth-order valence-corrected chi connectivity index (χ4v) is 4.33. The van der Waals surface area contributed by atoms with Gasteiger partial charge < -0.3 is 0 Å². The number of nitrogens with zero attached hydrogens (tertiary/aromatic N) is 1. The Morgan fingerprint density at radius 1 is 1.13 bits per heavy atom. The summed E-state index contributed by atoms with van der Waals surface area (Å²) in [5, 5.41) is 2.24. The van der Waals surface area contributed by atoms with Crippen LogP contribution in [0.1, 0.15) is 11.5 Å². The third-order valence-electron chi connectivity index (χ3n) is 4.09. The van der Waals surface area contributed by atoms with E-state index in [-0.39, 0.29) is 23.0 Å². The summed E-state index contributed by atoms with van der Waals surface area (Å²) in [6.07, 6.45) is 0. The maximum atomic E-state index is 12.5. The lowest BCUT2D eigenvalue weighted by Crippen LogP contribution is -2.28. The van der Waals surface area contributed by atoms with Gasteiger partial charge in [0.1, 0.15) is 0 Å². The standard InChI is InChI=1S/C18H18ClNO2S/c1-20(22-2)18(21)16-15(12-8-10-13(19)11-9-12)17(16)23-14-6-4-3-5-7-14/h3-11,15-17H,1-2H3/t15-,16-,17-/m1/s1.